The van der Waals surface area contributed by atoms with E-state index in [0.717, 1.165) is 22.6 Å². The topological polar surface area (TPSA) is 43.3 Å². The molecule has 0 aliphatic rings. The summed E-state index contributed by atoms with van der Waals surface area (Å²) in [5.41, 5.74) is 13.3. The summed E-state index contributed by atoms with van der Waals surface area (Å²) < 4.78 is 2.09. The average Bonchev–Trinajstić information content (AvgIpc) is 2.98. The molecule has 0 radical (unpaired) electrons. The maximum absolute atomic E-state index is 5.89. The highest BCUT2D eigenvalue weighted by Gasteiger charge is 2.07. The van der Waals surface area contributed by atoms with E-state index in [9.17, 15) is 0 Å². The molecule has 0 spiro atoms. The van der Waals surface area contributed by atoms with Crippen molar-refractivity contribution in [1.29, 1.82) is 0 Å². The number of nitrogens with zero attached hydrogens (tertiary/aromatic N) is 2. The fourth-order valence-corrected chi connectivity index (χ4v) is 2.82. The minimum absolute atomic E-state index is 0.758. The van der Waals surface area contributed by atoms with Crippen LogP contribution in [0.5, 0.6) is 0 Å². The Morgan fingerprint density at radius 2 is 1.70 bits per heavy atom. The van der Waals surface area contributed by atoms with Gasteiger partial charge in [-0.15, -0.1) is 0 Å². The third-order valence-electron chi connectivity index (χ3n) is 4.08. The molecule has 2 heterocycles. The van der Waals surface area contributed by atoms with Crippen molar-refractivity contribution in [1.82, 2.24) is 9.38 Å². The zero-order valence-corrected chi connectivity index (χ0v) is 12.9. The summed E-state index contributed by atoms with van der Waals surface area (Å²) in [4.78, 5) is 4.55. The zero-order valence-electron chi connectivity index (χ0n) is 12.9. The molecule has 0 saturated heterocycles. The second kappa shape index (κ2) is 5.29. The van der Waals surface area contributed by atoms with Crippen LogP contribution >= 0.6 is 0 Å². The lowest BCUT2D eigenvalue weighted by molar-refractivity contribution is 1.19. The SMILES string of the molecule is Cc1ccc(-c2ccn3c(-c4cccc(N)c4)cnc3c2)cc1. The molecular weight excluding hydrogens is 282 g/mol. The largest absolute Gasteiger partial charge is 0.399 e. The van der Waals surface area contributed by atoms with Gasteiger partial charge in [-0.1, -0.05) is 42.0 Å². The number of fused-ring (bicyclic) bond motifs is 1. The van der Waals surface area contributed by atoms with Crippen LogP contribution in [-0.2, 0) is 0 Å². The molecule has 3 heteroatoms. The van der Waals surface area contributed by atoms with Crippen molar-refractivity contribution in [3.8, 4) is 22.4 Å². The van der Waals surface area contributed by atoms with Gasteiger partial charge in [0.1, 0.15) is 5.65 Å². The van der Waals surface area contributed by atoms with Crippen molar-refractivity contribution in [3.05, 3.63) is 78.6 Å². The molecule has 2 aromatic heterocycles. The molecule has 0 atom stereocenters. The number of rotatable bonds is 2. The molecule has 0 unspecified atom stereocenters. The summed E-state index contributed by atoms with van der Waals surface area (Å²) >= 11 is 0. The van der Waals surface area contributed by atoms with Crippen molar-refractivity contribution < 1.29 is 0 Å². The Bertz CT molecular complexity index is 981. The number of aryl methyl sites for hydroxylation is 1. The van der Waals surface area contributed by atoms with Crippen LogP contribution in [-0.4, -0.2) is 9.38 Å². The van der Waals surface area contributed by atoms with E-state index < -0.39 is 0 Å². The van der Waals surface area contributed by atoms with Gasteiger partial charge in [0.05, 0.1) is 11.9 Å². The fraction of sp³-hybridized carbons (Fsp3) is 0.0500. The molecule has 0 aliphatic carbocycles. The first-order valence-corrected chi connectivity index (χ1v) is 7.61. The fourth-order valence-electron chi connectivity index (χ4n) is 2.82. The van der Waals surface area contributed by atoms with E-state index in [2.05, 4.69) is 58.9 Å². The number of hydrogen-bond acceptors (Lipinski definition) is 2. The van der Waals surface area contributed by atoms with Crippen LogP contribution in [0.4, 0.5) is 5.69 Å². The lowest BCUT2D eigenvalue weighted by atomic mass is 10.1. The minimum Gasteiger partial charge on any atom is -0.399 e. The molecule has 2 aromatic carbocycles. The van der Waals surface area contributed by atoms with Crippen molar-refractivity contribution in [3.63, 3.8) is 0 Å². The van der Waals surface area contributed by atoms with Gasteiger partial charge in [0.15, 0.2) is 0 Å². The number of pyridine rings is 1. The number of nitrogen functional groups attached to an aromatic ring is 1. The predicted molar refractivity (Wildman–Crippen MR) is 95.2 cm³/mol. The average molecular weight is 299 g/mol. The predicted octanol–water partition coefficient (Wildman–Crippen LogP) is 4.56. The van der Waals surface area contributed by atoms with E-state index in [1.165, 1.54) is 16.7 Å². The molecular formula is C20H17N3. The third kappa shape index (κ3) is 2.46. The lowest BCUT2D eigenvalue weighted by Gasteiger charge is -2.06. The van der Waals surface area contributed by atoms with Gasteiger partial charge in [0, 0.05) is 17.4 Å². The van der Waals surface area contributed by atoms with Crippen LogP contribution in [0, 0.1) is 6.92 Å². The van der Waals surface area contributed by atoms with Gasteiger partial charge in [-0.25, -0.2) is 4.98 Å². The van der Waals surface area contributed by atoms with E-state index in [4.69, 9.17) is 5.73 Å². The molecule has 0 fully saturated rings. The van der Waals surface area contributed by atoms with Crippen molar-refractivity contribution >= 4 is 11.3 Å². The van der Waals surface area contributed by atoms with Crippen LogP contribution < -0.4 is 5.73 Å². The molecule has 0 saturated carbocycles. The van der Waals surface area contributed by atoms with E-state index in [-0.39, 0.29) is 0 Å². The molecule has 2 N–H and O–H groups in total. The smallest absolute Gasteiger partial charge is 0.137 e. The summed E-state index contributed by atoms with van der Waals surface area (Å²) in [5.74, 6) is 0. The highest BCUT2D eigenvalue weighted by atomic mass is 15.0. The van der Waals surface area contributed by atoms with Gasteiger partial charge < -0.3 is 5.73 Å². The second-order valence-electron chi connectivity index (χ2n) is 5.78. The lowest BCUT2D eigenvalue weighted by Crippen LogP contribution is -1.90. The summed E-state index contributed by atoms with van der Waals surface area (Å²) in [6, 6.07) is 20.6. The van der Waals surface area contributed by atoms with Gasteiger partial charge in [0.25, 0.3) is 0 Å². The molecule has 0 aliphatic heterocycles. The van der Waals surface area contributed by atoms with Gasteiger partial charge in [-0.2, -0.15) is 0 Å². The van der Waals surface area contributed by atoms with Crippen LogP contribution in [0.25, 0.3) is 28.0 Å². The highest BCUT2D eigenvalue weighted by Crippen LogP contribution is 2.26. The normalized spacial score (nSPS) is 11.0. The Kier molecular flexibility index (Phi) is 3.12. The van der Waals surface area contributed by atoms with Crippen LogP contribution in [0.3, 0.4) is 0 Å². The van der Waals surface area contributed by atoms with Gasteiger partial charge >= 0.3 is 0 Å². The molecule has 0 bridgehead atoms. The summed E-state index contributed by atoms with van der Waals surface area (Å²) in [6.45, 7) is 2.10. The van der Waals surface area contributed by atoms with Gasteiger partial charge in [-0.05, 0) is 42.3 Å². The Labute approximate surface area is 135 Å². The van der Waals surface area contributed by atoms with Crippen molar-refractivity contribution in [2.75, 3.05) is 5.73 Å². The number of nitrogens with two attached hydrogens (primary N) is 1. The first-order valence-electron chi connectivity index (χ1n) is 7.61. The molecule has 4 rings (SSSR count). The Balaban J connectivity index is 1.81. The summed E-state index contributed by atoms with van der Waals surface area (Å²) in [5, 5.41) is 0. The van der Waals surface area contributed by atoms with Crippen LogP contribution in [0.15, 0.2) is 73.1 Å². The number of aromatic nitrogens is 2. The quantitative estimate of drug-likeness (QED) is 0.551. The van der Waals surface area contributed by atoms with Crippen LogP contribution in [0.1, 0.15) is 5.56 Å². The van der Waals surface area contributed by atoms with Gasteiger partial charge in [-0.3, -0.25) is 4.40 Å². The maximum atomic E-state index is 5.89. The Hall–Kier alpha value is -3.07. The molecule has 4 aromatic rings. The van der Waals surface area contributed by atoms with Gasteiger partial charge in [0.2, 0.25) is 0 Å². The third-order valence-corrected chi connectivity index (χ3v) is 4.08. The number of hydrogen-bond donors (Lipinski definition) is 1. The summed E-state index contributed by atoms with van der Waals surface area (Å²) in [7, 11) is 0. The van der Waals surface area contributed by atoms with E-state index in [1.54, 1.807) is 0 Å². The minimum atomic E-state index is 0.758. The van der Waals surface area contributed by atoms with Crippen LogP contribution in [0.2, 0.25) is 0 Å². The first-order chi connectivity index (χ1) is 11.2. The molecule has 112 valence electrons. The zero-order chi connectivity index (χ0) is 15.8. The second-order valence-corrected chi connectivity index (χ2v) is 5.78. The van der Waals surface area contributed by atoms with E-state index in [0.29, 0.717) is 0 Å². The van der Waals surface area contributed by atoms with Crippen molar-refractivity contribution in [2.45, 2.75) is 6.92 Å². The standard InChI is InChI=1S/C20H17N3/c1-14-5-7-15(8-6-14)16-9-10-23-19(13-22-20(23)12-16)17-3-2-4-18(21)11-17/h2-13H,21H2,1H3. The maximum Gasteiger partial charge on any atom is 0.137 e. The van der Waals surface area contributed by atoms with Crippen molar-refractivity contribution in [2.24, 2.45) is 0 Å². The monoisotopic (exact) mass is 299 g/mol. The number of benzene rings is 2. The first kappa shape index (κ1) is 13.6. The number of anilines is 1. The summed E-state index contributed by atoms with van der Waals surface area (Å²) in [6.07, 6.45) is 3.96. The molecule has 0 amide bonds. The number of imidazole rings is 1. The Morgan fingerprint density at radius 3 is 2.48 bits per heavy atom. The Morgan fingerprint density at radius 1 is 0.870 bits per heavy atom. The van der Waals surface area contributed by atoms with E-state index >= 15 is 0 Å². The van der Waals surface area contributed by atoms with E-state index in [1.807, 2.05) is 30.5 Å². The molecule has 3 nitrogen and oxygen atoms in total. The highest BCUT2D eigenvalue weighted by molar-refractivity contribution is 5.72. The molecule has 23 heavy (non-hydrogen) atoms.